The van der Waals surface area contributed by atoms with Crippen molar-refractivity contribution >= 4 is 23.2 Å². The summed E-state index contributed by atoms with van der Waals surface area (Å²) in [5.41, 5.74) is 0.484. The van der Waals surface area contributed by atoms with Crippen LogP contribution in [-0.4, -0.2) is 26.0 Å². The van der Waals surface area contributed by atoms with Crippen molar-refractivity contribution in [1.29, 1.82) is 0 Å². The molecule has 1 fully saturated rings. The number of carbonyl (C=O) groups excluding carboxylic acids is 2. The molecule has 1 aliphatic carbocycles. The summed E-state index contributed by atoms with van der Waals surface area (Å²) >= 11 is 0. The lowest BCUT2D eigenvalue weighted by molar-refractivity contribution is -0.132. The van der Waals surface area contributed by atoms with Crippen LogP contribution in [-0.2, 0) is 9.59 Å². The molecule has 2 aromatic rings. The van der Waals surface area contributed by atoms with Crippen molar-refractivity contribution in [2.45, 2.75) is 12.8 Å². The van der Waals surface area contributed by atoms with Gasteiger partial charge in [0.1, 0.15) is 11.2 Å². The zero-order valence-corrected chi connectivity index (χ0v) is 13.8. The van der Waals surface area contributed by atoms with E-state index in [-0.39, 0.29) is 11.8 Å². The van der Waals surface area contributed by atoms with Gasteiger partial charge in [0, 0.05) is 18.4 Å². The van der Waals surface area contributed by atoms with E-state index in [1.165, 1.54) is 0 Å². The number of rotatable bonds is 5. The lowest BCUT2D eigenvalue weighted by Crippen LogP contribution is -2.41. The molecule has 0 spiro atoms. The van der Waals surface area contributed by atoms with E-state index < -0.39 is 5.41 Å². The van der Waals surface area contributed by atoms with E-state index in [4.69, 9.17) is 4.74 Å². The fourth-order valence-corrected chi connectivity index (χ4v) is 2.68. The SMILES string of the molecule is COc1ccc(NC(=O)C2(C(=O)N(C)c3ccccc3)CC2)cc1. The number of benzene rings is 2. The Morgan fingerprint density at radius 2 is 1.67 bits per heavy atom. The molecule has 1 saturated carbocycles. The summed E-state index contributed by atoms with van der Waals surface area (Å²) in [4.78, 5) is 27.0. The van der Waals surface area contributed by atoms with Crippen molar-refractivity contribution in [2.24, 2.45) is 5.41 Å². The number of amides is 2. The maximum absolute atomic E-state index is 12.8. The van der Waals surface area contributed by atoms with E-state index >= 15 is 0 Å². The summed E-state index contributed by atoms with van der Waals surface area (Å²) in [7, 11) is 3.29. The lowest BCUT2D eigenvalue weighted by Gasteiger charge is -2.23. The van der Waals surface area contributed by atoms with E-state index in [1.807, 2.05) is 30.3 Å². The van der Waals surface area contributed by atoms with Crippen LogP contribution in [0, 0.1) is 5.41 Å². The fourth-order valence-electron chi connectivity index (χ4n) is 2.68. The first kappa shape index (κ1) is 16.1. The van der Waals surface area contributed by atoms with Crippen LogP contribution in [0.3, 0.4) is 0 Å². The number of hydrogen-bond acceptors (Lipinski definition) is 3. The molecular weight excluding hydrogens is 304 g/mol. The molecule has 0 atom stereocenters. The van der Waals surface area contributed by atoms with Crippen molar-refractivity contribution in [3.63, 3.8) is 0 Å². The maximum atomic E-state index is 12.8. The van der Waals surface area contributed by atoms with Crippen molar-refractivity contribution in [1.82, 2.24) is 0 Å². The average molecular weight is 324 g/mol. The van der Waals surface area contributed by atoms with Crippen molar-refractivity contribution in [3.8, 4) is 5.75 Å². The lowest BCUT2D eigenvalue weighted by atomic mass is 10.0. The average Bonchev–Trinajstić information content (AvgIpc) is 3.44. The zero-order chi connectivity index (χ0) is 17.2. The third-order valence-electron chi connectivity index (χ3n) is 4.39. The topological polar surface area (TPSA) is 58.6 Å². The van der Waals surface area contributed by atoms with Crippen molar-refractivity contribution in [2.75, 3.05) is 24.4 Å². The van der Waals surface area contributed by atoms with Gasteiger partial charge in [0.05, 0.1) is 7.11 Å². The number of hydrogen-bond donors (Lipinski definition) is 1. The van der Waals surface area contributed by atoms with Crippen LogP contribution in [0.25, 0.3) is 0 Å². The molecule has 2 aromatic carbocycles. The quantitative estimate of drug-likeness (QED) is 0.860. The molecule has 0 saturated heterocycles. The highest BCUT2D eigenvalue weighted by Gasteiger charge is 2.57. The van der Waals surface area contributed by atoms with Gasteiger partial charge in [-0.05, 0) is 49.2 Å². The van der Waals surface area contributed by atoms with Gasteiger partial charge in [-0.1, -0.05) is 18.2 Å². The minimum atomic E-state index is -0.954. The molecule has 124 valence electrons. The van der Waals surface area contributed by atoms with Crippen LogP contribution < -0.4 is 15.0 Å². The minimum Gasteiger partial charge on any atom is -0.497 e. The molecule has 3 rings (SSSR count). The first-order valence-electron chi connectivity index (χ1n) is 7.85. The molecule has 0 aromatic heterocycles. The molecule has 0 bridgehead atoms. The Morgan fingerprint density at radius 1 is 1.04 bits per heavy atom. The first-order chi connectivity index (χ1) is 11.6. The number of methoxy groups -OCH3 is 1. The number of ether oxygens (including phenoxy) is 1. The van der Waals surface area contributed by atoms with E-state index in [1.54, 1.807) is 43.3 Å². The van der Waals surface area contributed by atoms with Crippen LogP contribution in [0.2, 0.25) is 0 Å². The van der Waals surface area contributed by atoms with Gasteiger partial charge in [-0.25, -0.2) is 0 Å². The zero-order valence-electron chi connectivity index (χ0n) is 13.8. The third kappa shape index (κ3) is 2.97. The van der Waals surface area contributed by atoms with Gasteiger partial charge in [0.2, 0.25) is 11.8 Å². The number of anilines is 2. The van der Waals surface area contributed by atoms with Gasteiger partial charge >= 0.3 is 0 Å². The van der Waals surface area contributed by atoms with Gasteiger partial charge in [0.15, 0.2) is 0 Å². The monoisotopic (exact) mass is 324 g/mol. The number of para-hydroxylation sites is 1. The molecule has 5 heteroatoms. The van der Waals surface area contributed by atoms with Gasteiger partial charge in [-0.2, -0.15) is 0 Å². The summed E-state index contributed by atoms with van der Waals surface area (Å²) in [6.45, 7) is 0. The van der Waals surface area contributed by atoms with Crippen LogP contribution in [0.4, 0.5) is 11.4 Å². The van der Waals surface area contributed by atoms with Crippen LogP contribution in [0.15, 0.2) is 54.6 Å². The smallest absolute Gasteiger partial charge is 0.242 e. The van der Waals surface area contributed by atoms with Crippen molar-refractivity contribution < 1.29 is 14.3 Å². The van der Waals surface area contributed by atoms with E-state index in [9.17, 15) is 9.59 Å². The second-order valence-corrected chi connectivity index (χ2v) is 5.96. The largest absolute Gasteiger partial charge is 0.497 e. The Labute approximate surface area is 141 Å². The second-order valence-electron chi connectivity index (χ2n) is 5.96. The van der Waals surface area contributed by atoms with Gasteiger partial charge in [-0.3, -0.25) is 9.59 Å². The molecule has 0 unspecified atom stereocenters. The summed E-state index contributed by atoms with van der Waals surface area (Å²) in [5.74, 6) is 0.300. The molecule has 24 heavy (non-hydrogen) atoms. The third-order valence-corrected chi connectivity index (χ3v) is 4.39. The maximum Gasteiger partial charge on any atom is 0.242 e. The van der Waals surface area contributed by atoms with E-state index in [0.29, 0.717) is 24.3 Å². The molecule has 5 nitrogen and oxygen atoms in total. The van der Waals surface area contributed by atoms with Gasteiger partial charge in [-0.15, -0.1) is 0 Å². The summed E-state index contributed by atoms with van der Waals surface area (Å²) in [6, 6.07) is 16.4. The second kappa shape index (κ2) is 6.35. The number of carbonyl (C=O) groups is 2. The highest BCUT2D eigenvalue weighted by molar-refractivity contribution is 6.17. The van der Waals surface area contributed by atoms with E-state index in [0.717, 1.165) is 5.69 Å². The molecule has 1 aliphatic rings. The highest BCUT2D eigenvalue weighted by Crippen LogP contribution is 2.48. The Morgan fingerprint density at radius 3 is 2.21 bits per heavy atom. The summed E-state index contributed by atoms with van der Waals surface area (Å²) < 4.78 is 5.10. The Balaban J connectivity index is 1.72. The predicted octanol–water partition coefficient (Wildman–Crippen LogP) is 3.08. The fraction of sp³-hybridized carbons (Fsp3) is 0.263. The molecule has 0 heterocycles. The molecule has 2 amide bonds. The van der Waals surface area contributed by atoms with Crippen LogP contribution >= 0.6 is 0 Å². The van der Waals surface area contributed by atoms with Crippen LogP contribution in [0.5, 0.6) is 5.75 Å². The minimum absolute atomic E-state index is 0.167. The molecule has 0 aliphatic heterocycles. The summed E-state index contributed by atoms with van der Waals surface area (Å²) in [5, 5.41) is 2.84. The van der Waals surface area contributed by atoms with Gasteiger partial charge < -0.3 is 15.0 Å². The van der Waals surface area contributed by atoms with Gasteiger partial charge in [0.25, 0.3) is 0 Å². The van der Waals surface area contributed by atoms with Crippen LogP contribution in [0.1, 0.15) is 12.8 Å². The molecular formula is C19H20N2O3. The van der Waals surface area contributed by atoms with E-state index in [2.05, 4.69) is 5.32 Å². The first-order valence-corrected chi connectivity index (χ1v) is 7.85. The molecule has 0 radical (unpaired) electrons. The number of nitrogens with zero attached hydrogens (tertiary/aromatic N) is 1. The standard InChI is InChI=1S/C19H20N2O3/c1-21(15-6-4-3-5-7-15)18(23)19(12-13-19)17(22)20-14-8-10-16(24-2)11-9-14/h3-11H,12-13H2,1-2H3,(H,20,22). The molecule has 1 N–H and O–H groups in total. The number of nitrogens with one attached hydrogen (secondary N) is 1. The Bertz CT molecular complexity index is 737. The van der Waals surface area contributed by atoms with Crippen molar-refractivity contribution in [3.05, 3.63) is 54.6 Å². The normalized spacial score (nSPS) is 14.6. The predicted molar refractivity (Wildman–Crippen MR) is 93.1 cm³/mol. The Kier molecular flexibility index (Phi) is 4.25. The highest BCUT2D eigenvalue weighted by atomic mass is 16.5. The summed E-state index contributed by atoms with van der Waals surface area (Å²) in [6.07, 6.45) is 1.15. The Hall–Kier alpha value is -2.82.